The van der Waals surface area contributed by atoms with Gasteiger partial charge in [0.25, 0.3) is 0 Å². The molecule has 0 amide bonds. The Morgan fingerprint density at radius 3 is 2.47 bits per heavy atom. The number of hydrogen-bond donors (Lipinski definition) is 2. The maximum Gasteiger partial charge on any atom is 0.232 e. The fourth-order valence-electron chi connectivity index (χ4n) is 6.62. The van der Waals surface area contributed by atoms with Gasteiger partial charge in [0.2, 0.25) is 5.95 Å². The van der Waals surface area contributed by atoms with Gasteiger partial charge in [0, 0.05) is 48.7 Å². The van der Waals surface area contributed by atoms with E-state index in [0.717, 1.165) is 55.7 Å². The van der Waals surface area contributed by atoms with Gasteiger partial charge in [-0.1, -0.05) is 49.9 Å². The van der Waals surface area contributed by atoms with Crippen molar-refractivity contribution < 1.29 is 0 Å². The number of piperidine rings is 2. The Morgan fingerprint density at radius 2 is 1.74 bits per heavy atom. The molecule has 206 valence electrons. The van der Waals surface area contributed by atoms with Crippen molar-refractivity contribution in [2.75, 3.05) is 41.3 Å². The van der Waals surface area contributed by atoms with E-state index in [1.807, 2.05) is 12.1 Å². The summed E-state index contributed by atoms with van der Waals surface area (Å²) >= 11 is 12.0. The van der Waals surface area contributed by atoms with Crippen LogP contribution in [0.1, 0.15) is 83.6 Å². The summed E-state index contributed by atoms with van der Waals surface area (Å²) in [7, 11) is 0. The van der Waals surface area contributed by atoms with Crippen LogP contribution in [0.2, 0.25) is 5.02 Å². The molecule has 2 saturated heterocycles. The third-order valence-electron chi connectivity index (χ3n) is 8.86. The van der Waals surface area contributed by atoms with Crippen LogP contribution in [0, 0.1) is 5.92 Å². The van der Waals surface area contributed by atoms with E-state index in [1.165, 1.54) is 56.9 Å². The summed E-state index contributed by atoms with van der Waals surface area (Å²) in [6.45, 7) is 8.56. The van der Waals surface area contributed by atoms with Crippen LogP contribution in [0.3, 0.4) is 0 Å². The molecule has 5 rings (SSSR count). The Kier molecular flexibility index (Phi) is 8.94. The number of rotatable bonds is 6. The van der Waals surface area contributed by atoms with Gasteiger partial charge in [-0.3, -0.25) is 0 Å². The fourth-order valence-corrected chi connectivity index (χ4v) is 6.91. The molecule has 0 bridgehead atoms. The number of anilines is 3. The molecule has 1 aromatic heterocycles. The Morgan fingerprint density at radius 1 is 0.974 bits per heavy atom. The van der Waals surface area contributed by atoms with E-state index < -0.39 is 0 Å². The number of halogens is 1. The van der Waals surface area contributed by atoms with E-state index in [4.69, 9.17) is 33.8 Å². The van der Waals surface area contributed by atoms with E-state index in [0.29, 0.717) is 23.0 Å². The predicted molar refractivity (Wildman–Crippen MR) is 164 cm³/mol. The van der Waals surface area contributed by atoms with Crippen molar-refractivity contribution in [1.29, 1.82) is 0 Å². The van der Waals surface area contributed by atoms with Crippen molar-refractivity contribution in [2.45, 2.75) is 89.5 Å². The molecule has 8 heteroatoms. The van der Waals surface area contributed by atoms with Crippen molar-refractivity contribution in [3.05, 3.63) is 40.9 Å². The lowest BCUT2D eigenvalue weighted by molar-refractivity contribution is 0.292. The molecule has 3 fully saturated rings. The molecule has 1 aromatic carbocycles. The zero-order valence-corrected chi connectivity index (χ0v) is 24.6. The SMILES string of the molecule is C[C@@H]1CCCN(c2cc(N3CCCC[C@@H]3C)nc(NC(=S)NCC3(c4ccc(Cl)cc4)CCCCC3)n2)C1. The second kappa shape index (κ2) is 12.4. The van der Waals surface area contributed by atoms with E-state index in [9.17, 15) is 0 Å². The van der Waals surface area contributed by atoms with Crippen LogP contribution in [0.5, 0.6) is 0 Å². The number of nitrogens with one attached hydrogen (secondary N) is 2. The molecule has 3 heterocycles. The largest absolute Gasteiger partial charge is 0.361 e. The molecular formula is C30H43ClN6S. The van der Waals surface area contributed by atoms with E-state index in [2.05, 4.69) is 52.5 Å². The Labute approximate surface area is 238 Å². The van der Waals surface area contributed by atoms with Crippen molar-refractivity contribution in [3.63, 3.8) is 0 Å². The Hall–Kier alpha value is -2.12. The second-order valence-corrected chi connectivity index (χ2v) is 12.6. The van der Waals surface area contributed by atoms with Gasteiger partial charge in [-0.25, -0.2) is 0 Å². The summed E-state index contributed by atoms with van der Waals surface area (Å²) in [5, 5.41) is 8.29. The van der Waals surface area contributed by atoms with Crippen LogP contribution in [-0.4, -0.2) is 47.3 Å². The minimum atomic E-state index is 0.0651. The summed E-state index contributed by atoms with van der Waals surface area (Å²) in [6, 6.07) is 11.1. The first kappa shape index (κ1) is 27.4. The lowest BCUT2D eigenvalue weighted by Crippen LogP contribution is -2.44. The molecule has 2 atom stereocenters. The zero-order chi connectivity index (χ0) is 26.5. The first-order valence-corrected chi connectivity index (χ1v) is 15.4. The summed E-state index contributed by atoms with van der Waals surface area (Å²) < 4.78 is 0. The molecule has 38 heavy (non-hydrogen) atoms. The van der Waals surface area contributed by atoms with Gasteiger partial charge in [0.15, 0.2) is 5.11 Å². The van der Waals surface area contributed by atoms with E-state index >= 15 is 0 Å². The van der Waals surface area contributed by atoms with Gasteiger partial charge < -0.3 is 20.4 Å². The Balaban J connectivity index is 1.34. The lowest BCUT2D eigenvalue weighted by Gasteiger charge is -2.38. The average molecular weight is 555 g/mol. The number of hydrogen-bond acceptors (Lipinski definition) is 5. The van der Waals surface area contributed by atoms with E-state index in [1.54, 1.807) is 0 Å². The molecule has 0 unspecified atom stereocenters. The number of aromatic nitrogens is 2. The van der Waals surface area contributed by atoms with Crippen LogP contribution >= 0.6 is 23.8 Å². The van der Waals surface area contributed by atoms with Gasteiger partial charge in [-0.15, -0.1) is 0 Å². The molecule has 1 saturated carbocycles. The first-order chi connectivity index (χ1) is 18.4. The van der Waals surface area contributed by atoms with Crippen molar-refractivity contribution in [3.8, 4) is 0 Å². The highest BCUT2D eigenvalue weighted by Gasteiger charge is 2.34. The van der Waals surface area contributed by atoms with Crippen LogP contribution in [0.25, 0.3) is 0 Å². The highest BCUT2D eigenvalue weighted by Crippen LogP contribution is 2.39. The van der Waals surface area contributed by atoms with Crippen molar-refractivity contribution in [2.24, 2.45) is 5.92 Å². The van der Waals surface area contributed by atoms with Crippen LogP contribution in [0.4, 0.5) is 17.6 Å². The molecule has 2 aliphatic heterocycles. The van der Waals surface area contributed by atoms with Gasteiger partial charge in [0.05, 0.1) is 0 Å². The van der Waals surface area contributed by atoms with Gasteiger partial charge >= 0.3 is 0 Å². The zero-order valence-electron chi connectivity index (χ0n) is 23.0. The average Bonchev–Trinajstić information content (AvgIpc) is 2.93. The van der Waals surface area contributed by atoms with Crippen LogP contribution < -0.4 is 20.4 Å². The minimum absolute atomic E-state index is 0.0651. The van der Waals surface area contributed by atoms with Crippen molar-refractivity contribution >= 4 is 46.5 Å². The fraction of sp³-hybridized carbons (Fsp3) is 0.633. The number of benzene rings is 1. The quantitative estimate of drug-likeness (QED) is 0.375. The maximum absolute atomic E-state index is 6.20. The topological polar surface area (TPSA) is 56.3 Å². The molecule has 2 N–H and O–H groups in total. The molecular weight excluding hydrogens is 512 g/mol. The van der Waals surface area contributed by atoms with Gasteiger partial charge in [0.1, 0.15) is 11.6 Å². The Bertz CT molecular complexity index is 1090. The van der Waals surface area contributed by atoms with Crippen LogP contribution in [0.15, 0.2) is 30.3 Å². The number of thiocarbonyl (C=S) groups is 1. The van der Waals surface area contributed by atoms with Crippen molar-refractivity contribution in [1.82, 2.24) is 15.3 Å². The smallest absolute Gasteiger partial charge is 0.232 e. The highest BCUT2D eigenvalue weighted by atomic mass is 35.5. The monoisotopic (exact) mass is 554 g/mol. The van der Waals surface area contributed by atoms with E-state index in [-0.39, 0.29) is 5.41 Å². The summed E-state index contributed by atoms with van der Waals surface area (Å²) in [5.41, 5.74) is 1.41. The van der Waals surface area contributed by atoms with Crippen LogP contribution in [-0.2, 0) is 5.41 Å². The molecule has 0 radical (unpaired) electrons. The summed E-state index contributed by atoms with van der Waals surface area (Å²) in [4.78, 5) is 14.8. The molecule has 1 aliphatic carbocycles. The standard InChI is InChI=1S/C30H43ClN6S/c1-22-9-8-17-36(20-22)26-19-27(37-18-7-4-10-23(37)2)34-28(33-26)35-29(38)32-21-30(15-5-3-6-16-30)24-11-13-25(31)14-12-24/h11-14,19,22-23H,3-10,15-18,20-21H2,1-2H3,(H2,32,33,34,35,38)/t22-,23+/m1/s1. The van der Waals surface area contributed by atoms with Gasteiger partial charge in [-0.05, 0) is 87.7 Å². The number of nitrogens with zero attached hydrogens (tertiary/aromatic N) is 4. The molecule has 2 aromatic rings. The molecule has 6 nitrogen and oxygen atoms in total. The lowest BCUT2D eigenvalue weighted by atomic mass is 9.69. The summed E-state index contributed by atoms with van der Waals surface area (Å²) in [5.74, 6) is 3.29. The third-order valence-corrected chi connectivity index (χ3v) is 9.36. The maximum atomic E-state index is 6.20. The first-order valence-electron chi connectivity index (χ1n) is 14.6. The summed E-state index contributed by atoms with van der Waals surface area (Å²) in [6.07, 6.45) is 12.3. The molecule has 0 spiro atoms. The molecule has 3 aliphatic rings. The minimum Gasteiger partial charge on any atom is -0.361 e. The highest BCUT2D eigenvalue weighted by molar-refractivity contribution is 7.80. The predicted octanol–water partition coefficient (Wildman–Crippen LogP) is 6.93. The third kappa shape index (κ3) is 6.53. The van der Waals surface area contributed by atoms with Gasteiger partial charge in [-0.2, -0.15) is 9.97 Å². The normalized spacial score (nSPS) is 23.7. The second-order valence-electron chi connectivity index (χ2n) is 11.8.